The number of carboxylic acid groups (broad SMARTS) is 1. The Balaban J connectivity index is 0. The van der Waals surface area contributed by atoms with Crippen molar-refractivity contribution in [3.05, 3.63) is 24.3 Å². The van der Waals surface area contributed by atoms with Gasteiger partial charge in [0.25, 0.3) is 0 Å². The summed E-state index contributed by atoms with van der Waals surface area (Å²) in [6.07, 6.45) is 11.3. The largest absolute Gasteiger partial charge is 1.00 e. The Bertz CT molecular complexity index is 299. The molecule has 18 heavy (non-hydrogen) atoms. The molecule has 0 aromatic heterocycles. The molecule has 0 radical (unpaired) electrons. The van der Waals surface area contributed by atoms with Crippen molar-refractivity contribution < 1.29 is 66.4 Å². The maximum absolute atomic E-state index is 11.0. The van der Waals surface area contributed by atoms with Crippen LogP contribution < -0.4 is 56.5 Å². The van der Waals surface area contributed by atoms with Crippen molar-refractivity contribution in [2.24, 2.45) is 4.99 Å². The van der Waals surface area contributed by atoms with Crippen molar-refractivity contribution in [2.75, 3.05) is 6.54 Å². The molecule has 0 atom stereocenters. The van der Waals surface area contributed by atoms with Crippen molar-refractivity contribution >= 4 is 11.9 Å². The smallest absolute Gasteiger partial charge is 0.859 e. The van der Waals surface area contributed by atoms with Crippen LogP contribution in [0, 0.1) is 0 Å². The minimum atomic E-state index is -1.13. The molecule has 0 rings (SSSR count). The van der Waals surface area contributed by atoms with Gasteiger partial charge in [-0.2, -0.15) is 0 Å². The molecule has 0 aromatic rings. The van der Waals surface area contributed by atoms with E-state index in [0.717, 1.165) is 25.0 Å². The summed E-state index contributed by atoms with van der Waals surface area (Å²) in [4.78, 5) is 13.8. The molecule has 1 N–H and O–H groups in total. The van der Waals surface area contributed by atoms with Crippen LogP contribution in [0.3, 0.4) is 0 Å². The maximum atomic E-state index is 11.0. The predicted octanol–water partition coefficient (Wildman–Crippen LogP) is -1.08. The Kier molecular flexibility index (Phi) is 17.1. The number of hydrogen-bond acceptors (Lipinski definition) is 3. The number of nitrogens with zero attached hydrogens (tertiary/aromatic N) is 1. The van der Waals surface area contributed by atoms with Gasteiger partial charge in [-0.05, 0) is 31.2 Å². The third-order valence-electron chi connectivity index (χ3n) is 2.07. The molecule has 0 heterocycles. The van der Waals surface area contributed by atoms with Crippen LogP contribution >= 0.6 is 0 Å². The SMILES string of the molecule is CCCCC/C=C/CCN=C([O-])/C=C/C(=O)O.[K+]. The predicted molar refractivity (Wildman–Crippen MR) is 67.0 cm³/mol. The van der Waals surface area contributed by atoms with Gasteiger partial charge in [0.15, 0.2) is 0 Å². The van der Waals surface area contributed by atoms with Gasteiger partial charge in [-0.25, -0.2) is 4.79 Å². The third kappa shape index (κ3) is 16.1. The van der Waals surface area contributed by atoms with Crippen LogP contribution in [-0.2, 0) is 4.79 Å². The van der Waals surface area contributed by atoms with Gasteiger partial charge >= 0.3 is 57.4 Å². The fraction of sp³-hybridized carbons (Fsp3) is 0.538. The first-order valence-electron chi connectivity index (χ1n) is 5.94. The van der Waals surface area contributed by atoms with E-state index in [9.17, 15) is 9.90 Å². The van der Waals surface area contributed by atoms with Crippen molar-refractivity contribution in [3.8, 4) is 0 Å². The molecule has 0 saturated heterocycles. The minimum Gasteiger partial charge on any atom is -0.859 e. The van der Waals surface area contributed by atoms with Crippen LogP contribution in [0.5, 0.6) is 0 Å². The Morgan fingerprint density at radius 2 is 1.89 bits per heavy atom. The first kappa shape index (κ1) is 20.4. The summed E-state index contributed by atoms with van der Waals surface area (Å²) >= 11 is 0. The van der Waals surface area contributed by atoms with E-state index in [2.05, 4.69) is 18.0 Å². The maximum Gasteiger partial charge on any atom is 1.00 e. The van der Waals surface area contributed by atoms with Crippen LogP contribution in [0.1, 0.15) is 39.0 Å². The minimum absolute atomic E-state index is 0. The number of aliphatic carboxylic acids is 1. The number of carboxylic acids is 1. The molecule has 0 fully saturated rings. The average molecular weight is 277 g/mol. The van der Waals surface area contributed by atoms with Crippen LogP contribution in [0.15, 0.2) is 29.3 Å². The van der Waals surface area contributed by atoms with Gasteiger partial charge in [0.1, 0.15) is 0 Å². The zero-order valence-electron chi connectivity index (χ0n) is 11.3. The van der Waals surface area contributed by atoms with E-state index in [4.69, 9.17) is 5.11 Å². The summed E-state index contributed by atoms with van der Waals surface area (Å²) in [5.74, 6) is -1.63. The van der Waals surface area contributed by atoms with E-state index in [1.165, 1.54) is 19.3 Å². The second-order valence-electron chi connectivity index (χ2n) is 3.65. The molecule has 0 spiro atoms. The summed E-state index contributed by atoms with van der Waals surface area (Å²) < 4.78 is 0. The first-order chi connectivity index (χ1) is 8.16. The van der Waals surface area contributed by atoms with Crippen molar-refractivity contribution in [1.82, 2.24) is 0 Å². The zero-order chi connectivity index (χ0) is 12.9. The molecule has 0 unspecified atom stereocenters. The molecule has 0 aliphatic rings. The van der Waals surface area contributed by atoms with E-state index < -0.39 is 11.9 Å². The average Bonchev–Trinajstić information content (AvgIpc) is 2.30. The summed E-state index contributed by atoms with van der Waals surface area (Å²) in [5.41, 5.74) is 0. The van der Waals surface area contributed by atoms with Gasteiger partial charge in [-0.1, -0.05) is 31.9 Å². The number of hydrogen-bond donors (Lipinski definition) is 1. The molecule has 4 nitrogen and oxygen atoms in total. The van der Waals surface area contributed by atoms with Gasteiger partial charge in [0, 0.05) is 12.6 Å². The van der Waals surface area contributed by atoms with Crippen molar-refractivity contribution in [1.29, 1.82) is 0 Å². The molecular weight excluding hydrogens is 257 g/mol. The Morgan fingerprint density at radius 1 is 1.22 bits per heavy atom. The topological polar surface area (TPSA) is 72.7 Å². The molecular formula is C13H20KNO3. The van der Waals surface area contributed by atoms with Crippen LogP contribution in [0.25, 0.3) is 0 Å². The summed E-state index contributed by atoms with van der Waals surface area (Å²) in [7, 11) is 0. The summed E-state index contributed by atoms with van der Waals surface area (Å²) in [6.45, 7) is 2.58. The van der Waals surface area contributed by atoms with E-state index in [1.54, 1.807) is 0 Å². The second kappa shape index (κ2) is 15.1. The van der Waals surface area contributed by atoms with E-state index >= 15 is 0 Å². The third-order valence-corrected chi connectivity index (χ3v) is 2.07. The van der Waals surface area contributed by atoms with Crippen molar-refractivity contribution in [3.63, 3.8) is 0 Å². The standard InChI is InChI=1S/C13H21NO3.K/c1-2-3-4-5-6-7-8-11-14-12(15)9-10-13(16)17;/h6-7,9-10H,2-5,8,11H2,1H3,(H,14,15)(H,16,17);/q;+1/p-1/b7-6+,10-9+;. The molecule has 0 aromatic carbocycles. The molecule has 5 heteroatoms. The fourth-order valence-electron chi connectivity index (χ4n) is 1.19. The van der Waals surface area contributed by atoms with Crippen LogP contribution in [0.4, 0.5) is 0 Å². The Hall–Kier alpha value is 0.0564. The van der Waals surface area contributed by atoms with Gasteiger partial charge < -0.3 is 15.2 Å². The zero-order valence-corrected chi connectivity index (χ0v) is 14.4. The Morgan fingerprint density at radius 3 is 2.50 bits per heavy atom. The number of rotatable bonds is 9. The fourth-order valence-corrected chi connectivity index (χ4v) is 1.19. The molecule has 0 aliphatic heterocycles. The number of unbranched alkanes of at least 4 members (excludes halogenated alkanes) is 3. The van der Waals surface area contributed by atoms with Gasteiger partial charge in [0.05, 0.1) is 0 Å². The molecule has 0 bridgehead atoms. The number of carbonyl (C=O) groups is 1. The summed E-state index contributed by atoms with van der Waals surface area (Å²) in [6, 6.07) is 0. The molecule has 0 amide bonds. The quantitative estimate of drug-likeness (QED) is 0.145. The van der Waals surface area contributed by atoms with E-state index in [-0.39, 0.29) is 51.4 Å². The monoisotopic (exact) mass is 277 g/mol. The molecule has 96 valence electrons. The number of aliphatic imine (C=N–C) groups is 1. The molecule has 0 aliphatic carbocycles. The van der Waals surface area contributed by atoms with Crippen molar-refractivity contribution in [2.45, 2.75) is 39.0 Å². The first-order valence-corrected chi connectivity index (χ1v) is 5.94. The van der Waals surface area contributed by atoms with Crippen LogP contribution in [-0.4, -0.2) is 23.5 Å². The van der Waals surface area contributed by atoms with E-state index in [1.807, 2.05) is 6.08 Å². The number of allylic oxidation sites excluding steroid dienone is 1. The second-order valence-corrected chi connectivity index (χ2v) is 3.65. The van der Waals surface area contributed by atoms with Crippen LogP contribution in [0.2, 0.25) is 0 Å². The Labute approximate surface area is 151 Å². The molecule has 0 saturated carbocycles. The van der Waals surface area contributed by atoms with Gasteiger partial charge in [-0.15, -0.1) is 0 Å². The summed E-state index contributed by atoms with van der Waals surface area (Å²) in [5, 5.41) is 19.3. The van der Waals surface area contributed by atoms with E-state index in [0.29, 0.717) is 6.54 Å². The van der Waals surface area contributed by atoms with Gasteiger partial charge in [-0.3, -0.25) is 0 Å². The van der Waals surface area contributed by atoms with Gasteiger partial charge in [0.2, 0.25) is 0 Å². The normalized spacial score (nSPS) is 11.9.